The zero-order valence-electron chi connectivity index (χ0n) is 9.82. The molecule has 3 nitrogen and oxygen atoms in total. The number of hydrogen-bond acceptors (Lipinski definition) is 4. The van der Waals surface area contributed by atoms with E-state index in [2.05, 4.69) is 16.4 Å². The highest BCUT2D eigenvalue weighted by atomic mass is 32.1. The SMILES string of the molecule is Cc1cccc(C#N)c1NCc1scnc1C. The van der Waals surface area contributed by atoms with Crippen molar-refractivity contribution in [3.8, 4) is 6.07 Å². The topological polar surface area (TPSA) is 48.7 Å². The molecule has 0 aliphatic carbocycles. The Morgan fingerprint density at radius 2 is 2.24 bits per heavy atom. The van der Waals surface area contributed by atoms with E-state index >= 15 is 0 Å². The second-order valence-corrected chi connectivity index (χ2v) is 4.76. The Kier molecular flexibility index (Phi) is 3.40. The molecule has 2 rings (SSSR count). The standard InChI is InChI=1S/C13H13N3S/c1-9-4-3-5-11(6-14)13(9)15-7-12-10(2)16-8-17-12/h3-5,8,15H,7H2,1-2H3. The third-order valence-electron chi connectivity index (χ3n) is 2.66. The van der Waals surface area contributed by atoms with Crippen molar-refractivity contribution in [2.24, 2.45) is 0 Å². The first-order valence-corrected chi connectivity index (χ1v) is 6.23. The van der Waals surface area contributed by atoms with Gasteiger partial charge in [0.05, 0.1) is 29.0 Å². The molecule has 2 aromatic rings. The number of thiazole rings is 1. The van der Waals surface area contributed by atoms with Gasteiger partial charge in [0.2, 0.25) is 0 Å². The lowest BCUT2D eigenvalue weighted by Crippen LogP contribution is -2.02. The largest absolute Gasteiger partial charge is 0.379 e. The maximum absolute atomic E-state index is 9.05. The van der Waals surface area contributed by atoms with Crippen molar-refractivity contribution >= 4 is 17.0 Å². The van der Waals surface area contributed by atoms with E-state index in [1.165, 1.54) is 4.88 Å². The molecule has 0 radical (unpaired) electrons. The Labute approximate surface area is 105 Å². The van der Waals surface area contributed by atoms with E-state index in [0.717, 1.165) is 23.5 Å². The molecule has 0 atom stereocenters. The van der Waals surface area contributed by atoms with Crippen LogP contribution in [0.5, 0.6) is 0 Å². The summed E-state index contributed by atoms with van der Waals surface area (Å²) in [4.78, 5) is 5.41. The molecule has 0 saturated heterocycles. The number of aryl methyl sites for hydroxylation is 2. The fourth-order valence-corrected chi connectivity index (χ4v) is 2.38. The Balaban J connectivity index is 2.20. The fourth-order valence-electron chi connectivity index (χ4n) is 1.66. The maximum Gasteiger partial charge on any atom is 0.101 e. The van der Waals surface area contributed by atoms with Crippen molar-refractivity contribution in [1.82, 2.24) is 4.98 Å². The molecule has 1 heterocycles. The average Bonchev–Trinajstić information content (AvgIpc) is 2.73. The summed E-state index contributed by atoms with van der Waals surface area (Å²) in [6.45, 7) is 4.72. The lowest BCUT2D eigenvalue weighted by molar-refractivity contribution is 1.11. The number of para-hydroxylation sites is 1. The van der Waals surface area contributed by atoms with Crippen molar-refractivity contribution in [2.45, 2.75) is 20.4 Å². The molecule has 17 heavy (non-hydrogen) atoms. The molecular weight excluding hydrogens is 230 g/mol. The van der Waals surface area contributed by atoms with Gasteiger partial charge in [-0.25, -0.2) is 4.98 Å². The second-order valence-electron chi connectivity index (χ2n) is 3.82. The van der Waals surface area contributed by atoms with Gasteiger partial charge in [0.1, 0.15) is 6.07 Å². The van der Waals surface area contributed by atoms with Crippen LogP contribution >= 0.6 is 11.3 Å². The van der Waals surface area contributed by atoms with E-state index in [9.17, 15) is 0 Å². The Morgan fingerprint density at radius 1 is 1.41 bits per heavy atom. The molecule has 0 spiro atoms. The van der Waals surface area contributed by atoms with E-state index < -0.39 is 0 Å². The van der Waals surface area contributed by atoms with Gasteiger partial charge in [-0.2, -0.15) is 5.26 Å². The van der Waals surface area contributed by atoms with E-state index in [1.807, 2.05) is 37.6 Å². The molecule has 0 unspecified atom stereocenters. The summed E-state index contributed by atoms with van der Waals surface area (Å²) in [6.07, 6.45) is 0. The molecule has 0 bridgehead atoms. The predicted molar refractivity (Wildman–Crippen MR) is 70.1 cm³/mol. The molecule has 0 amide bonds. The maximum atomic E-state index is 9.05. The Bertz CT molecular complexity index is 566. The number of anilines is 1. The summed E-state index contributed by atoms with van der Waals surface area (Å²) in [7, 11) is 0. The van der Waals surface area contributed by atoms with E-state index in [0.29, 0.717) is 5.56 Å². The first-order valence-electron chi connectivity index (χ1n) is 5.35. The van der Waals surface area contributed by atoms with Gasteiger partial charge in [0.15, 0.2) is 0 Å². The van der Waals surface area contributed by atoms with Crippen LogP contribution < -0.4 is 5.32 Å². The van der Waals surface area contributed by atoms with Crippen molar-refractivity contribution in [3.05, 3.63) is 45.4 Å². The smallest absolute Gasteiger partial charge is 0.101 e. The van der Waals surface area contributed by atoms with Crippen molar-refractivity contribution < 1.29 is 0 Å². The van der Waals surface area contributed by atoms with Gasteiger partial charge in [-0.15, -0.1) is 11.3 Å². The zero-order chi connectivity index (χ0) is 12.3. The molecule has 0 saturated carbocycles. The lowest BCUT2D eigenvalue weighted by Gasteiger charge is -2.10. The quantitative estimate of drug-likeness (QED) is 0.900. The molecule has 0 aliphatic rings. The van der Waals surface area contributed by atoms with Crippen LogP contribution in [-0.2, 0) is 6.54 Å². The first-order chi connectivity index (χ1) is 8.22. The van der Waals surface area contributed by atoms with Crippen LogP contribution in [-0.4, -0.2) is 4.98 Å². The molecule has 1 aromatic carbocycles. The van der Waals surface area contributed by atoms with E-state index in [4.69, 9.17) is 5.26 Å². The van der Waals surface area contributed by atoms with Crippen LogP contribution in [0.25, 0.3) is 0 Å². The van der Waals surface area contributed by atoms with Crippen molar-refractivity contribution in [2.75, 3.05) is 5.32 Å². The molecule has 1 N–H and O–H groups in total. The monoisotopic (exact) mass is 243 g/mol. The van der Waals surface area contributed by atoms with Gasteiger partial charge >= 0.3 is 0 Å². The summed E-state index contributed by atoms with van der Waals surface area (Å²) in [5.41, 5.74) is 5.59. The van der Waals surface area contributed by atoms with Gasteiger partial charge < -0.3 is 5.32 Å². The molecular formula is C13H13N3S. The second kappa shape index (κ2) is 4.98. The number of hydrogen-bond donors (Lipinski definition) is 1. The van der Waals surface area contributed by atoms with Crippen LogP contribution in [0.3, 0.4) is 0 Å². The summed E-state index contributed by atoms with van der Waals surface area (Å²) < 4.78 is 0. The minimum absolute atomic E-state index is 0.687. The van der Waals surface area contributed by atoms with Gasteiger partial charge in [-0.05, 0) is 25.5 Å². The number of benzene rings is 1. The fraction of sp³-hybridized carbons (Fsp3) is 0.231. The molecule has 86 valence electrons. The van der Waals surface area contributed by atoms with Crippen LogP contribution in [0.2, 0.25) is 0 Å². The number of nitrogens with one attached hydrogen (secondary N) is 1. The predicted octanol–water partition coefficient (Wildman–Crippen LogP) is 3.24. The molecule has 4 heteroatoms. The lowest BCUT2D eigenvalue weighted by atomic mass is 10.1. The highest BCUT2D eigenvalue weighted by Gasteiger charge is 2.06. The third kappa shape index (κ3) is 2.45. The minimum atomic E-state index is 0.687. The number of aromatic nitrogens is 1. The summed E-state index contributed by atoms with van der Waals surface area (Å²) in [5, 5.41) is 12.4. The summed E-state index contributed by atoms with van der Waals surface area (Å²) in [5.74, 6) is 0. The molecule has 0 fully saturated rings. The van der Waals surface area contributed by atoms with Gasteiger partial charge in [-0.3, -0.25) is 0 Å². The number of nitriles is 1. The summed E-state index contributed by atoms with van der Waals surface area (Å²) >= 11 is 1.63. The number of rotatable bonds is 3. The van der Waals surface area contributed by atoms with Gasteiger partial charge in [0, 0.05) is 4.88 Å². The van der Waals surface area contributed by atoms with Crippen LogP contribution in [0.1, 0.15) is 21.7 Å². The van der Waals surface area contributed by atoms with E-state index in [1.54, 1.807) is 11.3 Å². The Morgan fingerprint density at radius 3 is 2.88 bits per heavy atom. The summed E-state index contributed by atoms with van der Waals surface area (Å²) in [6, 6.07) is 7.94. The highest BCUT2D eigenvalue weighted by Crippen LogP contribution is 2.22. The normalized spacial score (nSPS) is 9.94. The van der Waals surface area contributed by atoms with Crippen molar-refractivity contribution in [1.29, 1.82) is 5.26 Å². The highest BCUT2D eigenvalue weighted by molar-refractivity contribution is 7.09. The van der Waals surface area contributed by atoms with Crippen molar-refractivity contribution in [3.63, 3.8) is 0 Å². The van der Waals surface area contributed by atoms with Crippen LogP contribution in [0, 0.1) is 25.2 Å². The van der Waals surface area contributed by atoms with Crippen LogP contribution in [0.15, 0.2) is 23.7 Å². The third-order valence-corrected chi connectivity index (χ3v) is 3.60. The minimum Gasteiger partial charge on any atom is -0.379 e. The van der Waals surface area contributed by atoms with Gasteiger partial charge in [0.25, 0.3) is 0 Å². The van der Waals surface area contributed by atoms with Crippen LogP contribution in [0.4, 0.5) is 5.69 Å². The molecule has 1 aromatic heterocycles. The van der Waals surface area contributed by atoms with E-state index in [-0.39, 0.29) is 0 Å². The zero-order valence-corrected chi connectivity index (χ0v) is 10.6. The van der Waals surface area contributed by atoms with Gasteiger partial charge in [-0.1, -0.05) is 12.1 Å². The Hall–Kier alpha value is -1.86. The molecule has 0 aliphatic heterocycles. The number of nitrogens with zero attached hydrogens (tertiary/aromatic N) is 2. The first kappa shape index (κ1) is 11.6. The average molecular weight is 243 g/mol.